The highest BCUT2D eigenvalue weighted by Crippen LogP contribution is 2.04. The van der Waals surface area contributed by atoms with E-state index in [0.29, 0.717) is 0 Å². The van der Waals surface area contributed by atoms with Gasteiger partial charge in [-0.3, -0.25) is 0 Å². The number of alkyl halides is 4. The molecule has 0 aliphatic carbocycles. The Hall–Kier alpha value is -0.280. The van der Waals surface area contributed by atoms with E-state index in [1.807, 2.05) is 0 Å². The summed E-state index contributed by atoms with van der Waals surface area (Å²) >= 11 is 0. The first-order valence-corrected chi connectivity index (χ1v) is 8.49. The zero-order valence-electron chi connectivity index (χ0n) is 23.1. The van der Waals surface area contributed by atoms with Gasteiger partial charge in [-0.2, -0.15) is 0 Å². The van der Waals surface area contributed by atoms with E-state index in [2.05, 4.69) is 20.8 Å². The van der Waals surface area contributed by atoms with Gasteiger partial charge >= 0.3 is 0 Å². The van der Waals surface area contributed by atoms with Crippen LogP contribution in [0.3, 0.4) is 0 Å². The van der Waals surface area contributed by atoms with Crippen molar-refractivity contribution in [3.63, 3.8) is 0 Å². The monoisotopic (exact) mass is 370 g/mol. The maximum absolute atomic E-state index is 11.7. The molecule has 0 rings (SSSR count). The Labute approximate surface area is 156 Å². The first-order chi connectivity index (χ1) is 9.73. The molecule has 0 unspecified atom stereocenters. The quantitative estimate of drug-likeness (QED) is 0.373. The van der Waals surface area contributed by atoms with E-state index in [4.69, 9.17) is 0 Å². The van der Waals surface area contributed by atoms with Crippen LogP contribution >= 0.6 is 0 Å². The van der Waals surface area contributed by atoms with Gasteiger partial charge in [0.2, 0.25) is 0 Å². The molecule has 0 fully saturated rings. The smallest absolute Gasteiger partial charge is 0.102 e. The first kappa shape index (κ1) is 34.9. The molecule has 0 nitrogen and oxygen atoms in total. The van der Waals surface area contributed by atoms with Crippen LogP contribution in [0.15, 0.2) is 0 Å². The third-order valence-electron chi connectivity index (χ3n) is 0. The highest BCUT2D eigenvalue weighted by atomic mass is 19.2. The molecule has 162 valence electrons. The third kappa shape index (κ3) is 119000. The predicted octanol–water partition coefficient (Wildman–Crippen LogP) is 9.13. The summed E-state index contributed by atoms with van der Waals surface area (Å²) in [5.41, 5.74) is -4.00. The lowest BCUT2D eigenvalue weighted by Gasteiger charge is -1.99. The standard InChI is InChI=1S/4C4H9F.C4H10.4H/c4*1-4(2,3)5;1-4(2)3;;;;/h4*1-3H3;4H,1-3H3;;;;/q;;;;;4*-1/i;;;;;4*1+1. The molecule has 0 aliphatic heterocycles. The zero-order chi connectivity index (χ0) is 21.6. The van der Waals surface area contributed by atoms with Crippen molar-refractivity contribution in [3.05, 3.63) is 0 Å². The lowest BCUT2D eigenvalue weighted by atomic mass is 10.2. The van der Waals surface area contributed by atoms with Crippen molar-refractivity contribution in [2.45, 2.75) is 127 Å². The molecule has 0 spiro atoms. The molecule has 0 aliphatic rings. The Morgan fingerprint density at radius 1 is 0.417 bits per heavy atom. The van der Waals surface area contributed by atoms with Gasteiger partial charge in [-0.1, -0.05) is 20.8 Å². The minimum absolute atomic E-state index is 0. The minimum atomic E-state index is -1.00. The number of hydrogen-bond donors (Lipinski definition) is 0. The summed E-state index contributed by atoms with van der Waals surface area (Å²) in [6.07, 6.45) is 0. The van der Waals surface area contributed by atoms with Crippen LogP contribution in [-0.4, -0.2) is 22.7 Å². The molecule has 0 aromatic rings. The topological polar surface area (TPSA) is 0 Å². The van der Waals surface area contributed by atoms with E-state index in [-0.39, 0.29) is 5.71 Å². The average molecular weight is 371 g/mol. The van der Waals surface area contributed by atoms with E-state index in [0.717, 1.165) is 5.92 Å². The lowest BCUT2D eigenvalue weighted by Crippen LogP contribution is -2.01. The van der Waals surface area contributed by atoms with Crippen molar-refractivity contribution in [1.82, 2.24) is 0 Å². The average Bonchev–Trinajstić information content (AvgIpc) is 1.82. The van der Waals surface area contributed by atoms with Crippen molar-refractivity contribution in [2.75, 3.05) is 0 Å². The second-order valence-corrected chi connectivity index (χ2v) is 10.00. The molecule has 0 N–H and O–H groups in total. The molecule has 0 aromatic heterocycles. The third-order valence-corrected chi connectivity index (χ3v) is 0. The summed E-state index contributed by atoms with van der Waals surface area (Å²) in [7, 11) is 0. The van der Waals surface area contributed by atoms with Crippen molar-refractivity contribution < 1.29 is 23.3 Å². The largest absolute Gasteiger partial charge is 1.00 e. The predicted molar refractivity (Wildman–Crippen MR) is 108 cm³/mol. The van der Waals surface area contributed by atoms with E-state index in [9.17, 15) is 17.6 Å². The van der Waals surface area contributed by atoms with E-state index >= 15 is 0 Å². The fourth-order valence-corrected chi connectivity index (χ4v) is 0. The fourth-order valence-electron chi connectivity index (χ4n) is 0. The molecular weight excluding hydrogens is 316 g/mol. The molecular formula is C20H50F4-4. The van der Waals surface area contributed by atoms with Gasteiger partial charge in [-0.15, -0.1) is 0 Å². The summed E-state index contributed by atoms with van der Waals surface area (Å²) in [6, 6.07) is 0. The van der Waals surface area contributed by atoms with Crippen LogP contribution < -0.4 is 0 Å². The maximum atomic E-state index is 11.7. The van der Waals surface area contributed by atoms with Gasteiger partial charge in [-0.25, -0.2) is 17.6 Å². The molecule has 0 amide bonds. The zero-order valence-corrected chi connectivity index (χ0v) is 19.1. The summed E-state index contributed by atoms with van der Waals surface area (Å²) < 4.78 is 46.8. The van der Waals surface area contributed by atoms with Gasteiger partial charge in [0.25, 0.3) is 0 Å². The molecule has 0 atom stereocenters. The summed E-state index contributed by atoms with van der Waals surface area (Å²) in [5.74, 6) is 0.833. The number of halogens is 4. The van der Waals surface area contributed by atoms with Gasteiger partial charge in [0, 0.05) is 0 Å². The van der Waals surface area contributed by atoms with Gasteiger partial charge in [0.05, 0.1) is 0 Å². The summed E-state index contributed by atoms with van der Waals surface area (Å²) in [5, 5.41) is 0. The van der Waals surface area contributed by atoms with Crippen molar-refractivity contribution >= 4 is 0 Å². The normalized spacial score (nSPS) is 11.5. The summed E-state index contributed by atoms with van der Waals surface area (Å²) in [6.45, 7) is 24.8. The second-order valence-electron chi connectivity index (χ2n) is 10.00. The fraction of sp³-hybridized carbons (Fsp3) is 1.00. The Kier molecular flexibility index (Phi) is 21.9. The Balaban J connectivity index is -0.0000000223. The summed E-state index contributed by atoms with van der Waals surface area (Å²) in [4.78, 5) is 0. The Bertz CT molecular complexity index is 174. The van der Waals surface area contributed by atoms with E-state index < -0.39 is 22.7 Å². The highest BCUT2D eigenvalue weighted by molar-refractivity contribution is 4.53. The maximum Gasteiger partial charge on any atom is 0.102 e. The first-order valence-electron chi connectivity index (χ1n) is 8.49. The molecule has 0 aromatic carbocycles. The van der Waals surface area contributed by atoms with E-state index in [1.165, 1.54) is 83.1 Å². The minimum Gasteiger partial charge on any atom is -1.00 e. The molecule has 0 radical (unpaired) electrons. The van der Waals surface area contributed by atoms with E-state index in [1.54, 1.807) is 0 Å². The van der Waals surface area contributed by atoms with Gasteiger partial charge < -0.3 is 5.71 Å². The van der Waals surface area contributed by atoms with Crippen LogP contribution in [0, 0.1) is 5.92 Å². The molecule has 24 heavy (non-hydrogen) atoms. The van der Waals surface area contributed by atoms with Crippen LogP contribution in [0.2, 0.25) is 0 Å². The molecule has 0 saturated heterocycles. The number of rotatable bonds is 0. The SMILES string of the molecule is CC(C)(C)F.CC(C)(C)F.CC(C)(C)F.CC(C)(C)F.CC(C)C.[2H-].[2H-].[2H-].[2H-]. The van der Waals surface area contributed by atoms with Crippen LogP contribution in [0.1, 0.15) is 110 Å². The van der Waals surface area contributed by atoms with Crippen LogP contribution in [0.5, 0.6) is 0 Å². The molecule has 0 bridgehead atoms. The number of hydrogen-bond acceptors (Lipinski definition) is 0. The highest BCUT2D eigenvalue weighted by Gasteiger charge is 2.03. The second kappa shape index (κ2) is 15.0. The Morgan fingerprint density at radius 3 is 0.417 bits per heavy atom. The van der Waals surface area contributed by atoms with Crippen molar-refractivity contribution in [2.24, 2.45) is 5.92 Å². The van der Waals surface area contributed by atoms with Crippen LogP contribution in [0.4, 0.5) is 17.6 Å². The molecule has 0 heterocycles. The van der Waals surface area contributed by atoms with Crippen LogP contribution in [-0.2, 0) is 0 Å². The molecule has 4 heteroatoms. The Morgan fingerprint density at radius 2 is 0.417 bits per heavy atom. The van der Waals surface area contributed by atoms with Gasteiger partial charge in [-0.05, 0) is 89.0 Å². The van der Waals surface area contributed by atoms with Gasteiger partial charge in [0.1, 0.15) is 22.7 Å². The van der Waals surface area contributed by atoms with Gasteiger partial charge in [0.15, 0.2) is 0 Å². The lowest BCUT2D eigenvalue weighted by molar-refractivity contribution is 0.245. The molecule has 0 saturated carbocycles. The van der Waals surface area contributed by atoms with Crippen molar-refractivity contribution in [3.8, 4) is 0 Å². The van der Waals surface area contributed by atoms with Crippen molar-refractivity contribution in [1.29, 1.82) is 0 Å². The van der Waals surface area contributed by atoms with Crippen LogP contribution in [0.25, 0.3) is 0 Å².